The molecule has 0 aliphatic rings. The predicted molar refractivity (Wildman–Crippen MR) is 104 cm³/mol. The summed E-state index contributed by atoms with van der Waals surface area (Å²) in [6, 6.07) is 13.3. The highest BCUT2D eigenvalue weighted by molar-refractivity contribution is 7.89. The summed E-state index contributed by atoms with van der Waals surface area (Å²) in [6.07, 6.45) is 0.955. The van der Waals surface area contributed by atoms with Gasteiger partial charge in [-0.25, -0.2) is 13.1 Å². The first-order chi connectivity index (χ1) is 12.8. The van der Waals surface area contributed by atoms with Crippen molar-refractivity contribution in [1.82, 2.24) is 9.29 Å². The van der Waals surface area contributed by atoms with Gasteiger partial charge in [0.15, 0.2) is 0 Å². The maximum absolute atomic E-state index is 12.4. The Labute approximate surface area is 157 Å². The molecule has 1 heterocycles. The number of hydrogen-bond donors (Lipinski definition) is 3. The summed E-state index contributed by atoms with van der Waals surface area (Å²) in [5.74, 6) is -0.234. The van der Waals surface area contributed by atoms with Crippen molar-refractivity contribution in [1.29, 1.82) is 0 Å². The van der Waals surface area contributed by atoms with Gasteiger partial charge in [0, 0.05) is 37.9 Å². The van der Waals surface area contributed by atoms with E-state index in [0.717, 1.165) is 10.9 Å². The van der Waals surface area contributed by atoms with Crippen molar-refractivity contribution in [3.63, 3.8) is 0 Å². The maximum atomic E-state index is 12.4. The summed E-state index contributed by atoms with van der Waals surface area (Å²) in [7, 11) is -1.84. The van der Waals surface area contributed by atoms with Crippen LogP contribution in [0.25, 0.3) is 10.9 Å². The monoisotopic (exact) mass is 387 g/mol. The standard InChI is InChI=1S/C19H21N3O4S/c1-13(23)21-16-4-6-17(7-5-16)27(25,26)20-12-19(24)15-3-8-18-14(11-15)9-10-22(18)2/h3-11,19-20,24H,12H2,1-2H3,(H,21,23). The molecule has 0 aliphatic carbocycles. The van der Waals surface area contributed by atoms with Crippen LogP contribution in [-0.4, -0.2) is 30.5 Å². The number of aliphatic hydroxyl groups is 1. The maximum Gasteiger partial charge on any atom is 0.240 e. The lowest BCUT2D eigenvalue weighted by molar-refractivity contribution is -0.114. The van der Waals surface area contributed by atoms with Crippen molar-refractivity contribution in [2.45, 2.75) is 17.9 Å². The summed E-state index contributed by atoms with van der Waals surface area (Å²) < 4.78 is 29.2. The Morgan fingerprint density at radius 1 is 1.15 bits per heavy atom. The van der Waals surface area contributed by atoms with Gasteiger partial charge in [-0.2, -0.15) is 0 Å². The second-order valence-corrected chi connectivity index (χ2v) is 8.09. The first kappa shape index (κ1) is 19.1. The van der Waals surface area contributed by atoms with Crippen molar-refractivity contribution >= 4 is 32.5 Å². The number of anilines is 1. The molecule has 0 aliphatic heterocycles. The van der Waals surface area contributed by atoms with Crippen LogP contribution in [0, 0.1) is 0 Å². The number of aromatic nitrogens is 1. The molecule has 0 spiro atoms. The van der Waals surface area contributed by atoms with E-state index in [1.807, 2.05) is 36.0 Å². The number of benzene rings is 2. The summed E-state index contributed by atoms with van der Waals surface area (Å²) in [6.45, 7) is 1.23. The number of nitrogens with zero attached hydrogens (tertiary/aromatic N) is 1. The Morgan fingerprint density at radius 3 is 2.52 bits per heavy atom. The van der Waals surface area contributed by atoms with Gasteiger partial charge in [-0.05, 0) is 53.4 Å². The zero-order valence-corrected chi connectivity index (χ0v) is 15.8. The third kappa shape index (κ3) is 4.36. The Balaban J connectivity index is 1.69. The number of carbonyl (C=O) groups is 1. The van der Waals surface area contributed by atoms with Crippen molar-refractivity contribution < 1.29 is 18.3 Å². The van der Waals surface area contributed by atoms with Crippen LogP contribution in [0.3, 0.4) is 0 Å². The van der Waals surface area contributed by atoms with Crippen LogP contribution in [0.4, 0.5) is 5.69 Å². The average Bonchev–Trinajstić information content (AvgIpc) is 3.00. The number of fused-ring (bicyclic) bond motifs is 1. The molecule has 3 N–H and O–H groups in total. The molecule has 8 heteroatoms. The molecule has 1 aromatic heterocycles. The van der Waals surface area contributed by atoms with E-state index in [4.69, 9.17) is 0 Å². The SMILES string of the molecule is CC(=O)Nc1ccc(S(=O)(=O)NCC(O)c2ccc3c(ccn3C)c2)cc1. The van der Waals surface area contributed by atoms with Gasteiger partial charge in [-0.3, -0.25) is 4.79 Å². The third-order valence-corrected chi connectivity index (χ3v) is 5.69. The fraction of sp³-hybridized carbons (Fsp3) is 0.211. The van der Waals surface area contributed by atoms with Crippen LogP contribution in [-0.2, 0) is 21.9 Å². The summed E-state index contributed by atoms with van der Waals surface area (Å²) in [5.41, 5.74) is 2.18. The molecule has 0 bridgehead atoms. The van der Waals surface area contributed by atoms with Crippen molar-refractivity contribution in [2.75, 3.05) is 11.9 Å². The van der Waals surface area contributed by atoms with Crippen LogP contribution in [0.15, 0.2) is 59.6 Å². The Hall–Kier alpha value is -2.68. The van der Waals surface area contributed by atoms with Gasteiger partial charge < -0.3 is 15.0 Å². The van der Waals surface area contributed by atoms with Gasteiger partial charge >= 0.3 is 0 Å². The summed E-state index contributed by atoms with van der Waals surface area (Å²) >= 11 is 0. The summed E-state index contributed by atoms with van der Waals surface area (Å²) in [5, 5.41) is 13.9. The highest BCUT2D eigenvalue weighted by Gasteiger charge is 2.17. The minimum absolute atomic E-state index is 0.0577. The molecule has 3 rings (SSSR count). The molecular weight excluding hydrogens is 366 g/mol. The highest BCUT2D eigenvalue weighted by Crippen LogP contribution is 2.21. The smallest absolute Gasteiger partial charge is 0.240 e. The minimum atomic E-state index is -3.77. The van der Waals surface area contributed by atoms with Crippen LogP contribution in [0.2, 0.25) is 0 Å². The zero-order valence-electron chi connectivity index (χ0n) is 15.0. The third-order valence-electron chi connectivity index (χ3n) is 4.25. The van der Waals surface area contributed by atoms with E-state index in [0.29, 0.717) is 11.3 Å². The molecule has 0 saturated carbocycles. The molecule has 0 fully saturated rings. The zero-order chi connectivity index (χ0) is 19.6. The quantitative estimate of drug-likeness (QED) is 0.603. The minimum Gasteiger partial charge on any atom is -0.387 e. The molecule has 1 amide bonds. The first-order valence-corrected chi connectivity index (χ1v) is 9.85. The fourth-order valence-electron chi connectivity index (χ4n) is 2.82. The number of sulfonamides is 1. The first-order valence-electron chi connectivity index (χ1n) is 8.36. The topological polar surface area (TPSA) is 100 Å². The number of rotatable bonds is 6. The predicted octanol–water partition coefficient (Wildman–Crippen LogP) is 2.15. The number of aliphatic hydroxyl groups excluding tert-OH is 1. The molecule has 1 unspecified atom stereocenters. The van der Waals surface area contributed by atoms with E-state index in [-0.39, 0.29) is 17.3 Å². The Kier molecular flexibility index (Phi) is 5.31. The lowest BCUT2D eigenvalue weighted by atomic mass is 10.1. The number of amides is 1. The fourth-order valence-corrected chi connectivity index (χ4v) is 3.86. The summed E-state index contributed by atoms with van der Waals surface area (Å²) in [4.78, 5) is 11.1. The van der Waals surface area contributed by atoms with Crippen LogP contribution < -0.4 is 10.0 Å². The van der Waals surface area contributed by atoms with Crippen LogP contribution >= 0.6 is 0 Å². The van der Waals surface area contributed by atoms with Gasteiger partial charge in [0.05, 0.1) is 11.0 Å². The van der Waals surface area contributed by atoms with Crippen molar-refractivity contribution in [3.05, 3.63) is 60.3 Å². The van der Waals surface area contributed by atoms with Gasteiger partial charge in [0.25, 0.3) is 0 Å². The normalized spacial score (nSPS) is 12.9. The number of hydrogen-bond acceptors (Lipinski definition) is 4. The van der Waals surface area contributed by atoms with Gasteiger partial charge in [-0.1, -0.05) is 6.07 Å². The largest absolute Gasteiger partial charge is 0.387 e. The van der Waals surface area contributed by atoms with E-state index in [9.17, 15) is 18.3 Å². The lowest BCUT2D eigenvalue weighted by Crippen LogP contribution is -2.28. The Morgan fingerprint density at radius 2 is 1.85 bits per heavy atom. The molecule has 0 radical (unpaired) electrons. The molecule has 1 atom stereocenters. The second-order valence-electron chi connectivity index (χ2n) is 6.32. The van der Waals surface area contributed by atoms with Gasteiger partial charge in [0.2, 0.25) is 15.9 Å². The molecule has 2 aromatic carbocycles. The van der Waals surface area contributed by atoms with Gasteiger partial charge in [0.1, 0.15) is 0 Å². The lowest BCUT2D eigenvalue weighted by Gasteiger charge is -2.13. The number of carbonyl (C=O) groups excluding carboxylic acids is 1. The van der Waals surface area contributed by atoms with Gasteiger partial charge in [-0.15, -0.1) is 0 Å². The second kappa shape index (κ2) is 7.51. The van der Waals surface area contributed by atoms with E-state index in [2.05, 4.69) is 10.0 Å². The molecular formula is C19H21N3O4S. The number of aryl methyl sites for hydroxylation is 1. The molecule has 27 heavy (non-hydrogen) atoms. The molecule has 0 saturated heterocycles. The molecule has 3 aromatic rings. The number of nitrogens with one attached hydrogen (secondary N) is 2. The van der Waals surface area contributed by atoms with Crippen LogP contribution in [0.5, 0.6) is 0 Å². The van der Waals surface area contributed by atoms with E-state index in [1.165, 1.54) is 31.2 Å². The van der Waals surface area contributed by atoms with E-state index < -0.39 is 16.1 Å². The van der Waals surface area contributed by atoms with Crippen molar-refractivity contribution in [3.8, 4) is 0 Å². The highest BCUT2D eigenvalue weighted by atomic mass is 32.2. The molecule has 142 valence electrons. The Bertz CT molecular complexity index is 1070. The average molecular weight is 387 g/mol. The molecule has 7 nitrogen and oxygen atoms in total. The van der Waals surface area contributed by atoms with Crippen LogP contribution in [0.1, 0.15) is 18.6 Å². The van der Waals surface area contributed by atoms with E-state index in [1.54, 1.807) is 6.07 Å². The van der Waals surface area contributed by atoms with E-state index >= 15 is 0 Å². The van der Waals surface area contributed by atoms with Crippen molar-refractivity contribution in [2.24, 2.45) is 7.05 Å².